The molecule has 2 N–H and O–H groups in total. The fourth-order valence-corrected chi connectivity index (χ4v) is 2.46. The monoisotopic (exact) mass is 253 g/mol. The lowest BCUT2D eigenvalue weighted by atomic mass is 10.2. The molecule has 1 aromatic heterocycles. The maximum Gasteiger partial charge on any atom is 0.261 e. The summed E-state index contributed by atoms with van der Waals surface area (Å²) in [5.41, 5.74) is 0. The summed E-state index contributed by atoms with van der Waals surface area (Å²) in [6.07, 6.45) is -0.593. The number of halogens is 1. The van der Waals surface area contributed by atoms with Crippen molar-refractivity contribution in [1.82, 2.24) is 5.32 Å². The summed E-state index contributed by atoms with van der Waals surface area (Å²) in [7, 11) is 0. The van der Waals surface area contributed by atoms with Gasteiger partial charge in [0.2, 0.25) is 0 Å². The van der Waals surface area contributed by atoms with Gasteiger partial charge in [-0.2, -0.15) is 0 Å². The molecule has 0 aliphatic rings. The summed E-state index contributed by atoms with van der Waals surface area (Å²) < 4.78 is 14.2. The molecule has 5 heteroatoms. The zero-order chi connectivity index (χ0) is 12.4. The van der Waals surface area contributed by atoms with Gasteiger partial charge in [-0.25, -0.2) is 4.39 Å². The molecule has 90 valence electrons. The van der Waals surface area contributed by atoms with E-state index in [0.29, 0.717) is 10.3 Å². The van der Waals surface area contributed by atoms with Crippen LogP contribution in [0.5, 0.6) is 0 Å². The highest BCUT2D eigenvalue weighted by atomic mass is 32.1. The normalized spacial score (nSPS) is 12.6. The van der Waals surface area contributed by atoms with Gasteiger partial charge in [0, 0.05) is 16.6 Å². The van der Waals surface area contributed by atoms with Crippen molar-refractivity contribution in [2.24, 2.45) is 0 Å². The number of carbonyl (C=O) groups excluding carboxylic acids is 1. The predicted octanol–water partition coefficient (Wildman–Crippen LogP) is 2.15. The topological polar surface area (TPSA) is 49.3 Å². The molecular formula is C12H12FNO2S. The van der Waals surface area contributed by atoms with E-state index in [0.717, 1.165) is 4.70 Å². The quantitative estimate of drug-likeness (QED) is 0.880. The Balaban J connectivity index is 2.24. The summed E-state index contributed by atoms with van der Waals surface area (Å²) in [6, 6.07) is 6.29. The zero-order valence-electron chi connectivity index (χ0n) is 9.24. The number of aliphatic hydroxyl groups is 1. The second-order valence-corrected chi connectivity index (χ2v) is 4.91. The minimum absolute atomic E-state index is 0.190. The van der Waals surface area contributed by atoms with Gasteiger partial charge in [0.15, 0.2) is 0 Å². The van der Waals surface area contributed by atoms with Gasteiger partial charge >= 0.3 is 0 Å². The number of fused-ring (bicyclic) bond motifs is 1. The molecule has 0 bridgehead atoms. The van der Waals surface area contributed by atoms with Crippen LogP contribution in [0.4, 0.5) is 4.39 Å². The molecule has 3 nitrogen and oxygen atoms in total. The molecule has 17 heavy (non-hydrogen) atoms. The minimum atomic E-state index is -0.593. The Bertz CT molecular complexity index is 550. The number of amides is 1. The smallest absolute Gasteiger partial charge is 0.261 e. The average Bonchev–Trinajstić information content (AvgIpc) is 2.71. The molecule has 0 aliphatic heterocycles. The van der Waals surface area contributed by atoms with Crippen LogP contribution < -0.4 is 5.32 Å². The van der Waals surface area contributed by atoms with Crippen LogP contribution in [0.25, 0.3) is 10.1 Å². The summed E-state index contributed by atoms with van der Waals surface area (Å²) in [6.45, 7) is 1.78. The Morgan fingerprint density at radius 1 is 1.59 bits per heavy atom. The van der Waals surface area contributed by atoms with E-state index in [4.69, 9.17) is 5.11 Å². The zero-order valence-corrected chi connectivity index (χ0v) is 10.1. The summed E-state index contributed by atoms with van der Waals surface area (Å²) in [5, 5.41) is 12.1. The first-order chi connectivity index (χ1) is 8.08. The van der Waals surface area contributed by atoms with E-state index in [-0.39, 0.29) is 18.3 Å². The van der Waals surface area contributed by atoms with Crippen molar-refractivity contribution in [3.63, 3.8) is 0 Å². The minimum Gasteiger partial charge on any atom is -0.392 e. The van der Waals surface area contributed by atoms with Crippen LogP contribution in [-0.2, 0) is 0 Å². The lowest BCUT2D eigenvalue weighted by molar-refractivity contribution is 0.0928. The van der Waals surface area contributed by atoms with E-state index in [1.54, 1.807) is 19.1 Å². The van der Waals surface area contributed by atoms with E-state index in [1.165, 1.54) is 23.5 Å². The van der Waals surface area contributed by atoms with E-state index < -0.39 is 6.10 Å². The number of hydrogen-bond acceptors (Lipinski definition) is 3. The Kier molecular flexibility index (Phi) is 3.40. The molecule has 0 saturated carbocycles. The highest BCUT2D eigenvalue weighted by Gasteiger charge is 2.12. The fourth-order valence-electron chi connectivity index (χ4n) is 1.46. The largest absolute Gasteiger partial charge is 0.392 e. The molecule has 2 aromatic rings. The van der Waals surface area contributed by atoms with Crippen LogP contribution in [0, 0.1) is 5.82 Å². The molecule has 0 spiro atoms. The highest BCUT2D eigenvalue weighted by Crippen LogP contribution is 2.27. The number of benzene rings is 1. The first-order valence-corrected chi connectivity index (χ1v) is 6.04. The molecule has 0 unspecified atom stereocenters. The van der Waals surface area contributed by atoms with Crippen molar-refractivity contribution in [2.75, 3.05) is 6.54 Å². The van der Waals surface area contributed by atoms with Crippen molar-refractivity contribution in [3.05, 3.63) is 35.0 Å². The number of aliphatic hydroxyl groups excluding tert-OH is 1. The summed E-state index contributed by atoms with van der Waals surface area (Å²) >= 11 is 1.24. The van der Waals surface area contributed by atoms with Gasteiger partial charge < -0.3 is 10.4 Å². The van der Waals surface area contributed by atoms with E-state index in [2.05, 4.69) is 5.32 Å². The number of hydrogen-bond donors (Lipinski definition) is 2. The van der Waals surface area contributed by atoms with Gasteiger partial charge in [0.25, 0.3) is 5.91 Å². The maximum atomic E-state index is 13.4. The van der Waals surface area contributed by atoms with Gasteiger partial charge in [0.05, 0.1) is 11.0 Å². The molecule has 2 rings (SSSR count). The lowest BCUT2D eigenvalue weighted by Crippen LogP contribution is -2.29. The van der Waals surface area contributed by atoms with E-state index in [9.17, 15) is 9.18 Å². The molecular weight excluding hydrogens is 241 g/mol. The lowest BCUT2D eigenvalue weighted by Gasteiger charge is -2.04. The van der Waals surface area contributed by atoms with E-state index in [1.807, 2.05) is 0 Å². The van der Waals surface area contributed by atoms with Crippen molar-refractivity contribution < 1.29 is 14.3 Å². The van der Waals surface area contributed by atoms with Crippen LogP contribution in [-0.4, -0.2) is 23.7 Å². The standard InChI is InChI=1S/C12H12FNO2S/c1-7(15)6-14-12(16)11-5-8-9(13)3-2-4-10(8)17-11/h2-5,7,15H,6H2,1H3,(H,14,16)/t7-/m1/s1. The molecule has 1 amide bonds. The van der Waals surface area contributed by atoms with Crippen molar-refractivity contribution in [2.45, 2.75) is 13.0 Å². The van der Waals surface area contributed by atoms with Gasteiger partial charge in [-0.15, -0.1) is 11.3 Å². The number of carbonyl (C=O) groups is 1. The summed E-state index contributed by atoms with van der Waals surface area (Å²) in [5.74, 6) is -0.611. The second kappa shape index (κ2) is 4.81. The Morgan fingerprint density at radius 3 is 3.00 bits per heavy atom. The first kappa shape index (κ1) is 12.0. The van der Waals surface area contributed by atoms with Crippen molar-refractivity contribution >= 4 is 27.3 Å². The fraction of sp³-hybridized carbons (Fsp3) is 0.250. The first-order valence-electron chi connectivity index (χ1n) is 5.22. The Morgan fingerprint density at radius 2 is 2.35 bits per heavy atom. The molecule has 0 aliphatic carbocycles. The van der Waals surface area contributed by atoms with Crippen LogP contribution in [0.2, 0.25) is 0 Å². The molecule has 0 radical (unpaired) electrons. The van der Waals surface area contributed by atoms with Gasteiger partial charge in [-0.05, 0) is 25.1 Å². The average molecular weight is 253 g/mol. The van der Waals surface area contributed by atoms with Crippen molar-refractivity contribution in [3.8, 4) is 0 Å². The second-order valence-electron chi connectivity index (χ2n) is 3.82. The SMILES string of the molecule is C[C@@H](O)CNC(=O)c1cc2c(F)cccc2s1. The van der Waals surface area contributed by atoms with Gasteiger partial charge in [-0.1, -0.05) is 6.07 Å². The van der Waals surface area contributed by atoms with Crippen LogP contribution in [0.15, 0.2) is 24.3 Å². The third kappa shape index (κ3) is 2.62. The third-order valence-electron chi connectivity index (χ3n) is 2.29. The predicted molar refractivity (Wildman–Crippen MR) is 65.8 cm³/mol. The van der Waals surface area contributed by atoms with Crippen LogP contribution >= 0.6 is 11.3 Å². The molecule has 0 saturated heterocycles. The molecule has 1 atom stereocenters. The maximum absolute atomic E-state index is 13.4. The van der Waals surface area contributed by atoms with Crippen LogP contribution in [0.3, 0.4) is 0 Å². The summed E-state index contributed by atoms with van der Waals surface area (Å²) in [4.78, 5) is 12.1. The molecule has 1 heterocycles. The van der Waals surface area contributed by atoms with Gasteiger partial charge in [0.1, 0.15) is 5.82 Å². The number of rotatable bonds is 3. The molecule has 0 fully saturated rings. The number of thiophene rings is 1. The van der Waals surface area contributed by atoms with Crippen molar-refractivity contribution in [1.29, 1.82) is 0 Å². The third-order valence-corrected chi connectivity index (χ3v) is 3.39. The highest BCUT2D eigenvalue weighted by molar-refractivity contribution is 7.20. The van der Waals surface area contributed by atoms with Gasteiger partial charge in [-0.3, -0.25) is 4.79 Å². The van der Waals surface area contributed by atoms with E-state index >= 15 is 0 Å². The molecule has 1 aromatic carbocycles. The van der Waals surface area contributed by atoms with Crippen LogP contribution in [0.1, 0.15) is 16.6 Å². The number of nitrogens with one attached hydrogen (secondary N) is 1. The Hall–Kier alpha value is -1.46. The Labute approximate surface area is 102 Å².